The number of hydrogen-bond acceptors (Lipinski definition) is 5. The van der Waals surface area contributed by atoms with Gasteiger partial charge in [0, 0.05) is 11.8 Å². The molecule has 0 saturated carbocycles. The van der Waals surface area contributed by atoms with E-state index in [0.29, 0.717) is 0 Å². The van der Waals surface area contributed by atoms with E-state index in [1.54, 1.807) is 0 Å². The fraction of sp³-hybridized carbons (Fsp3) is 0.154. The SMILES string of the molecule is COC(=O)c1cccn1-c1ccc(CO)c(F)c1[N+](=O)[O-]. The molecule has 8 heteroatoms. The zero-order chi connectivity index (χ0) is 15.6. The van der Waals surface area contributed by atoms with Crippen molar-refractivity contribution in [2.75, 3.05) is 7.11 Å². The van der Waals surface area contributed by atoms with Crippen LogP contribution in [0.5, 0.6) is 0 Å². The number of methoxy groups -OCH3 is 1. The Morgan fingerprint density at radius 2 is 2.19 bits per heavy atom. The van der Waals surface area contributed by atoms with Crippen LogP contribution in [-0.4, -0.2) is 27.7 Å². The number of carbonyl (C=O) groups is 1. The van der Waals surface area contributed by atoms with Crippen molar-refractivity contribution in [3.63, 3.8) is 0 Å². The quantitative estimate of drug-likeness (QED) is 0.527. The number of ether oxygens (including phenoxy) is 1. The van der Waals surface area contributed by atoms with E-state index in [9.17, 15) is 19.3 Å². The predicted octanol–water partition coefficient (Wildman–Crippen LogP) is 1.80. The number of esters is 1. The van der Waals surface area contributed by atoms with Crippen LogP contribution in [0.3, 0.4) is 0 Å². The topological polar surface area (TPSA) is 94.6 Å². The van der Waals surface area contributed by atoms with E-state index < -0.39 is 29.0 Å². The molecule has 1 aromatic carbocycles. The molecule has 1 heterocycles. The second-order valence-corrected chi connectivity index (χ2v) is 4.08. The Balaban J connectivity index is 2.70. The van der Waals surface area contributed by atoms with E-state index in [1.807, 2.05) is 0 Å². The Morgan fingerprint density at radius 3 is 2.76 bits per heavy atom. The molecule has 0 bridgehead atoms. The van der Waals surface area contributed by atoms with Crippen molar-refractivity contribution in [1.29, 1.82) is 0 Å². The van der Waals surface area contributed by atoms with Gasteiger partial charge in [-0.15, -0.1) is 0 Å². The molecule has 1 N–H and O–H groups in total. The summed E-state index contributed by atoms with van der Waals surface area (Å²) in [6.07, 6.45) is 1.38. The number of carbonyl (C=O) groups excluding carboxylic acids is 1. The Kier molecular flexibility index (Phi) is 3.99. The average Bonchev–Trinajstić information content (AvgIpc) is 2.94. The number of aliphatic hydroxyl groups excluding tert-OH is 1. The fourth-order valence-corrected chi connectivity index (χ4v) is 1.95. The van der Waals surface area contributed by atoms with Crippen LogP contribution in [0.2, 0.25) is 0 Å². The summed E-state index contributed by atoms with van der Waals surface area (Å²) in [5.74, 6) is -1.84. The number of halogens is 1. The second-order valence-electron chi connectivity index (χ2n) is 4.08. The van der Waals surface area contributed by atoms with Gasteiger partial charge in [0.2, 0.25) is 5.82 Å². The lowest BCUT2D eigenvalue weighted by Crippen LogP contribution is -2.11. The smallest absolute Gasteiger partial charge is 0.355 e. The monoisotopic (exact) mass is 294 g/mol. The minimum atomic E-state index is -1.13. The average molecular weight is 294 g/mol. The summed E-state index contributed by atoms with van der Waals surface area (Å²) < 4.78 is 19.8. The van der Waals surface area contributed by atoms with E-state index >= 15 is 0 Å². The first kappa shape index (κ1) is 14.7. The standard InChI is InChI=1S/C13H11FN2O5/c1-21-13(18)10-3-2-6-15(10)9-5-4-8(7-17)11(14)12(9)16(19)20/h2-6,17H,7H2,1H3. The number of nitro benzene ring substituents is 1. The summed E-state index contributed by atoms with van der Waals surface area (Å²) >= 11 is 0. The van der Waals surface area contributed by atoms with Crippen molar-refractivity contribution in [1.82, 2.24) is 4.57 Å². The number of nitrogens with zero attached hydrogens (tertiary/aromatic N) is 2. The first-order chi connectivity index (χ1) is 10.0. The van der Waals surface area contributed by atoms with Crippen LogP contribution in [0.15, 0.2) is 30.5 Å². The molecule has 110 valence electrons. The highest BCUT2D eigenvalue weighted by molar-refractivity contribution is 5.88. The molecule has 0 aliphatic rings. The molecule has 0 aliphatic carbocycles. The van der Waals surface area contributed by atoms with Gasteiger partial charge in [0.25, 0.3) is 0 Å². The summed E-state index contributed by atoms with van der Waals surface area (Å²) in [5, 5.41) is 20.1. The molecule has 0 spiro atoms. The Hall–Kier alpha value is -2.74. The van der Waals surface area contributed by atoms with Gasteiger partial charge in [0.15, 0.2) is 0 Å². The molecule has 1 aromatic heterocycles. The van der Waals surface area contributed by atoms with Crippen LogP contribution >= 0.6 is 0 Å². The molecular formula is C13H11FN2O5. The summed E-state index contributed by atoms with van der Waals surface area (Å²) in [6, 6.07) is 5.36. The molecule has 7 nitrogen and oxygen atoms in total. The molecule has 21 heavy (non-hydrogen) atoms. The first-order valence-electron chi connectivity index (χ1n) is 5.84. The van der Waals surface area contributed by atoms with E-state index in [4.69, 9.17) is 5.11 Å². The first-order valence-corrected chi connectivity index (χ1v) is 5.84. The minimum absolute atomic E-state index is 0.0248. The van der Waals surface area contributed by atoms with Gasteiger partial charge in [-0.2, -0.15) is 4.39 Å². The van der Waals surface area contributed by atoms with E-state index in [2.05, 4.69) is 4.74 Å². The van der Waals surface area contributed by atoms with Gasteiger partial charge in [-0.25, -0.2) is 4.79 Å². The van der Waals surface area contributed by atoms with E-state index in [-0.39, 0.29) is 16.9 Å². The number of rotatable bonds is 4. The fourth-order valence-electron chi connectivity index (χ4n) is 1.95. The zero-order valence-electron chi connectivity index (χ0n) is 10.9. The number of aliphatic hydroxyl groups is 1. The zero-order valence-corrected chi connectivity index (χ0v) is 10.9. The minimum Gasteiger partial charge on any atom is -0.464 e. The van der Waals surface area contributed by atoms with Crippen LogP contribution < -0.4 is 0 Å². The Morgan fingerprint density at radius 1 is 1.48 bits per heavy atom. The van der Waals surface area contributed by atoms with E-state index in [1.165, 1.54) is 37.6 Å². The molecule has 0 aliphatic heterocycles. The van der Waals surface area contributed by atoms with Crippen molar-refractivity contribution in [2.45, 2.75) is 6.61 Å². The number of hydrogen-bond donors (Lipinski definition) is 1. The van der Waals surface area contributed by atoms with Gasteiger partial charge in [0.1, 0.15) is 11.4 Å². The van der Waals surface area contributed by atoms with Crippen LogP contribution in [0.1, 0.15) is 16.1 Å². The van der Waals surface area contributed by atoms with Crippen molar-refractivity contribution in [3.8, 4) is 5.69 Å². The number of benzene rings is 1. The van der Waals surface area contributed by atoms with Crippen LogP contribution in [0.4, 0.5) is 10.1 Å². The van der Waals surface area contributed by atoms with Crippen molar-refractivity contribution in [2.24, 2.45) is 0 Å². The van der Waals surface area contributed by atoms with Crippen LogP contribution in [0, 0.1) is 15.9 Å². The molecule has 0 radical (unpaired) electrons. The second kappa shape index (κ2) is 5.71. The van der Waals surface area contributed by atoms with Crippen molar-refractivity contribution < 1.29 is 24.0 Å². The van der Waals surface area contributed by atoms with Gasteiger partial charge < -0.3 is 14.4 Å². The van der Waals surface area contributed by atoms with Gasteiger partial charge in [-0.1, -0.05) is 6.07 Å². The van der Waals surface area contributed by atoms with Crippen molar-refractivity contribution in [3.05, 3.63) is 57.7 Å². The van der Waals surface area contributed by atoms with E-state index in [0.717, 1.165) is 4.57 Å². The maximum Gasteiger partial charge on any atom is 0.355 e. The summed E-state index contributed by atoms with van der Waals surface area (Å²) in [7, 11) is 1.17. The third-order valence-electron chi connectivity index (χ3n) is 2.93. The lowest BCUT2D eigenvalue weighted by Gasteiger charge is -2.10. The van der Waals surface area contributed by atoms with Crippen LogP contribution in [-0.2, 0) is 11.3 Å². The number of aromatic nitrogens is 1. The van der Waals surface area contributed by atoms with Gasteiger partial charge in [0.05, 0.1) is 18.6 Å². The van der Waals surface area contributed by atoms with Crippen molar-refractivity contribution >= 4 is 11.7 Å². The van der Waals surface area contributed by atoms with Gasteiger partial charge in [-0.3, -0.25) is 10.1 Å². The Bertz CT molecular complexity index is 711. The molecule has 0 fully saturated rings. The summed E-state index contributed by atoms with van der Waals surface area (Å²) in [5.41, 5.74) is -1.11. The highest BCUT2D eigenvalue weighted by Crippen LogP contribution is 2.30. The lowest BCUT2D eigenvalue weighted by molar-refractivity contribution is -0.387. The lowest BCUT2D eigenvalue weighted by atomic mass is 10.1. The van der Waals surface area contributed by atoms with Crippen LogP contribution in [0.25, 0.3) is 5.69 Å². The molecule has 0 atom stereocenters. The molecule has 2 aromatic rings. The Labute approximate surface area is 118 Å². The highest BCUT2D eigenvalue weighted by atomic mass is 19.1. The molecular weight excluding hydrogens is 283 g/mol. The maximum atomic E-state index is 14.1. The summed E-state index contributed by atoms with van der Waals surface area (Å²) in [4.78, 5) is 21.8. The number of nitro groups is 1. The maximum absolute atomic E-state index is 14.1. The highest BCUT2D eigenvalue weighted by Gasteiger charge is 2.26. The van der Waals surface area contributed by atoms with Gasteiger partial charge >= 0.3 is 11.7 Å². The third-order valence-corrected chi connectivity index (χ3v) is 2.93. The van der Waals surface area contributed by atoms with Gasteiger partial charge in [-0.05, 0) is 18.2 Å². The largest absolute Gasteiger partial charge is 0.464 e. The third kappa shape index (κ3) is 2.48. The molecule has 0 saturated heterocycles. The molecule has 0 unspecified atom stereocenters. The summed E-state index contributed by atoms with van der Waals surface area (Å²) in [6.45, 7) is -0.664. The molecule has 0 amide bonds. The predicted molar refractivity (Wildman–Crippen MR) is 69.6 cm³/mol. The molecule has 2 rings (SSSR count). The normalized spacial score (nSPS) is 10.4.